The molecule has 8 nitrogen and oxygen atoms in total. The molecule has 2 aromatic carbocycles. The summed E-state index contributed by atoms with van der Waals surface area (Å²) >= 11 is 0.978. The van der Waals surface area contributed by atoms with Crippen molar-refractivity contribution in [2.45, 2.75) is 11.8 Å². The van der Waals surface area contributed by atoms with Gasteiger partial charge in [0.25, 0.3) is 15.9 Å². The summed E-state index contributed by atoms with van der Waals surface area (Å²) in [4.78, 5) is 19.2. The predicted molar refractivity (Wildman–Crippen MR) is 119 cm³/mol. The SMILES string of the molecule is COc1ccc(S(=O)(=O)Nc2nc(C)c(C(=O)Nc3ccc(N(C)C)cc3)s2)cc1. The number of sulfonamides is 1. The molecule has 0 saturated heterocycles. The Morgan fingerprint density at radius 2 is 1.70 bits per heavy atom. The Labute approximate surface area is 179 Å². The molecule has 1 amide bonds. The summed E-state index contributed by atoms with van der Waals surface area (Å²) in [6, 6.07) is 13.4. The first-order valence-electron chi connectivity index (χ1n) is 8.92. The van der Waals surface area contributed by atoms with Crippen LogP contribution in [0.25, 0.3) is 0 Å². The number of benzene rings is 2. The van der Waals surface area contributed by atoms with Crippen LogP contribution in [0.4, 0.5) is 16.5 Å². The van der Waals surface area contributed by atoms with Gasteiger partial charge in [-0.05, 0) is 55.5 Å². The average molecular weight is 447 g/mol. The molecule has 0 aliphatic carbocycles. The Hall–Kier alpha value is -3.11. The highest BCUT2D eigenvalue weighted by atomic mass is 32.2. The lowest BCUT2D eigenvalue weighted by Gasteiger charge is -2.12. The van der Waals surface area contributed by atoms with Gasteiger partial charge in [0.2, 0.25) is 0 Å². The molecular formula is C20H22N4O4S2. The van der Waals surface area contributed by atoms with Crippen LogP contribution in [0.1, 0.15) is 15.4 Å². The van der Waals surface area contributed by atoms with E-state index in [1.54, 1.807) is 31.2 Å². The van der Waals surface area contributed by atoms with E-state index in [0.717, 1.165) is 17.0 Å². The molecule has 0 aliphatic heterocycles. The number of ether oxygens (including phenoxy) is 1. The first-order chi connectivity index (χ1) is 14.2. The monoisotopic (exact) mass is 446 g/mol. The lowest BCUT2D eigenvalue weighted by atomic mass is 10.2. The molecule has 0 radical (unpaired) electrons. The standard InChI is InChI=1S/C20H22N4O4S2/c1-13-18(19(25)22-14-5-7-15(8-6-14)24(2)3)29-20(21-13)23-30(26,27)17-11-9-16(28-4)10-12-17/h5-12H,1-4H3,(H,21,23)(H,22,25). The zero-order chi connectivity index (χ0) is 21.9. The molecule has 3 aromatic rings. The van der Waals surface area contributed by atoms with Gasteiger partial charge in [-0.25, -0.2) is 13.4 Å². The second-order valence-electron chi connectivity index (χ2n) is 6.61. The van der Waals surface area contributed by atoms with Gasteiger partial charge in [0.15, 0.2) is 5.13 Å². The quantitative estimate of drug-likeness (QED) is 0.575. The molecular weight excluding hydrogens is 424 g/mol. The minimum Gasteiger partial charge on any atom is -0.497 e. The fraction of sp³-hybridized carbons (Fsp3) is 0.200. The number of aromatic nitrogens is 1. The number of hydrogen-bond donors (Lipinski definition) is 2. The van der Waals surface area contributed by atoms with Gasteiger partial charge in [0.1, 0.15) is 10.6 Å². The van der Waals surface area contributed by atoms with Crippen molar-refractivity contribution >= 4 is 43.8 Å². The van der Waals surface area contributed by atoms with Crippen LogP contribution in [0.15, 0.2) is 53.4 Å². The lowest BCUT2D eigenvalue weighted by Crippen LogP contribution is -2.12. The third-order valence-corrected chi connectivity index (χ3v) is 6.79. The van der Waals surface area contributed by atoms with E-state index in [1.165, 1.54) is 19.2 Å². The molecule has 0 unspecified atom stereocenters. The summed E-state index contributed by atoms with van der Waals surface area (Å²) in [5.74, 6) is 0.203. The topological polar surface area (TPSA) is 101 Å². The van der Waals surface area contributed by atoms with Crippen molar-refractivity contribution < 1.29 is 17.9 Å². The van der Waals surface area contributed by atoms with Crippen LogP contribution in [0, 0.1) is 6.92 Å². The van der Waals surface area contributed by atoms with Gasteiger partial charge in [-0.1, -0.05) is 11.3 Å². The first kappa shape index (κ1) is 21.6. The van der Waals surface area contributed by atoms with Crippen LogP contribution in [0.2, 0.25) is 0 Å². The van der Waals surface area contributed by atoms with Gasteiger partial charge in [0.05, 0.1) is 17.7 Å². The minimum atomic E-state index is -3.83. The van der Waals surface area contributed by atoms with Gasteiger partial charge in [-0.15, -0.1) is 0 Å². The Morgan fingerprint density at radius 3 is 2.27 bits per heavy atom. The number of hydrogen-bond acceptors (Lipinski definition) is 7. The summed E-state index contributed by atoms with van der Waals surface area (Å²) in [5, 5.41) is 2.93. The summed E-state index contributed by atoms with van der Waals surface area (Å²) < 4.78 is 32.6. The minimum absolute atomic E-state index is 0.0723. The van der Waals surface area contributed by atoms with Crippen LogP contribution >= 0.6 is 11.3 Å². The summed E-state index contributed by atoms with van der Waals surface area (Å²) in [7, 11) is 1.54. The maximum absolute atomic E-state index is 12.6. The van der Waals surface area contributed by atoms with E-state index < -0.39 is 10.0 Å². The normalized spacial score (nSPS) is 11.1. The van der Waals surface area contributed by atoms with E-state index in [1.807, 2.05) is 31.1 Å². The molecule has 30 heavy (non-hydrogen) atoms. The van der Waals surface area contributed by atoms with Crippen molar-refractivity contribution in [2.24, 2.45) is 0 Å². The highest BCUT2D eigenvalue weighted by molar-refractivity contribution is 7.93. The van der Waals surface area contributed by atoms with Crippen molar-refractivity contribution in [3.8, 4) is 5.75 Å². The predicted octanol–water partition coefficient (Wildman–Crippen LogP) is 3.58. The third-order valence-electron chi connectivity index (χ3n) is 4.24. The Balaban J connectivity index is 1.74. The molecule has 3 rings (SSSR count). The summed E-state index contributed by atoms with van der Waals surface area (Å²) in [6.07, 6.45) is 0. The highest BCUT2D eigenvalue weighted by Crippen LogP contribution is 2.27. The average Bonchev–Trinajstić information content (AvgIpc) is 3.07. The van der Waals surface area contributed by atoms with Crippen LogP contribution in [-0.2, 0) is 10.0 Å². The van der Waals surface area contributed by atoms with Gasteiger partial charge in [-0.3, -0.25) is 9.52 Å². The fourth-order valence-corrected chi connectivity index (χ4v) is 4.71. The zero-order valence-corrected chi connectivity index (χ0v) is 18.6. The van der Waals surface area contributed by atoms with E-state index in [-0.39, 0.29) is 15.9 Å². The van der Waals surface area contributed by atoms with E-state index in [4.69, 9.17) is 4.74 Å². The lowest BCUT2D eigenvalue weighted by molar-refractivity contribution is 0.103. The number of carbonyl (C=O) groups excluding carboxylic acids is 1. The fourth-order valence-electron chi connectivity index (χ4n) is 2.61. The van der Waals surface area contributed by atoms with Crippen molar-refractivity contribution in [1.29, 1.82) is 0 Å². The van der Waals surface area contributed by atoms with Crippen LogP contribution in [0.5, 0.6) is 5.75 Å². The molecule has 0 atom stereocenters. The molecule has 0 fully saturated rings. The molecule has 0 aliphatic rings. The number of methoxy groups -OCH3 is 1. The Morgan fingerprint density at radius 1 is 1.07 bits per heavy atom. The largest absolute Gasteiger partial charge is 0.497 e. The molecule has 1 aromatic heterocycles. The second-order valence-corrected chi connectivity index (χ2v) is 9.29. The van der Waals surface area contributed by atoms with Gasteiger partial charge < -0.3 is 15.0 Å². The van der Waals surface area contributed by atoms with Crippen molar-refractivity contribution in [3.05, 3.63) is 59.1 Å². The number of rotatable bonds is 7. The Kier molecular flexibility index (Phi) is 6.28. The molecule has 158 valence electrons. The number of amides is 1. The number of aryl methyl sites for hydroxylation is 1. The van der Waals surface area contributed by atoms with Crippen molar-refractivity contribution in [2.75, 3.05) is 36.1 Å². The van der Waals surface area contributed by atoms with E-state index in [9.17, 15) is 13.2 Å². The number of carbonyl (C=O) groups is 1. The maximum Gasteiger partial charge on any atom is 0.267 e. The maximum atomic E-state index is 12.6. The summed E-state index contributed by atoms with van der Waals surface area (Å²) in [6.45, 7) is 1.66. The van der Waals surface area contributed by atoms with Gasteiger partial charge in [0, 0.05) is 25.5 Å². The number of anilines is 3. The smallest absolute Gasteiger partial charge is 0.267 e. The number of nitrogens with zero attached hydrogens (tertiary/aromatic N) is 2. The second kappa shape index (κ2) is 8.72. The summed E-state index contributed by atoms with van der Waals surface area (Å²) in [5.41, 5.74) is 2.09. The molecule has 0 saturated carbocycles. The number of thiazole rings is 1. The number of nitrogens with one attached hydrogen (secondary N) is 2. The zero-order valence-electron chi connectivity index (χ0n) is 17.0. The molecule has 2 N–H and O–H groups in total. The van der Waals surface area contributed by atoms with Crippen molar-refractivity contribution in [3.63, 3.8) is 0 Å². The van der Waals surface area contributed by atoms with Gasteiger partial charge in [-0.2, -0.15) is 0 Å². The van der Waals surface area contributed by atoms with Crippen LogP contribution in [-0.4, -0.2) is 40.5 Å². The Bertz CT molecular complexity index is 1140. The highest BCUT2D eigenvalue weighted by Gasteiger charge is 2.20. The van der Waals surface area contributed by atoms with E-state index in [2.05, 4.69) is 15.0 Å². The van der Waals surface area contributed by atoms with Crippen molar-refractivity contribution in [1.82, 2.24) is 4.98 Å². The molecule has 10 heteroatoms. The molecule has 1 heterocycles. The molecule has 0 bridgehead atoms. The van der Waals surface area contributed by atoms with E-state index in [0.29, 0.717) is 22.0 Å². The first-order valence-corrected chi connectivity index (χ1v) is 11.2. The van der Waals surface area contributed by atoms with Crippen LogP contribution < -0.4 is 19.7 Å². The third kappa shape index (κ3) is 4.89. The van der Waals surface area contributed by atoms with E-state index >= 15 is 0 Å². The van der Waals surface area contributed by atoms with Crippen LogP contribution in [0.3, 0.4) is 0 Å². The molecule has 0 spiro atoms. The van der Waals surface area contributed by atoms with Gasteiger partial charge >= 0.3 is 0 Å².